The highest BCUT2D eigenvalue weighted by molar-refractivity contribution is 7.99. The molecule has 0 N–H and O–H groups in total. The summed E-state index contributed by atoms with van der Waals surface area (Å²) >= 11 is 2.13. The minimum atomic E-state index is 1.10. The van der Waals surface area contributed by atoms with Gasteiger partial charge in [0, 0.05) is 5.25 Å². The Labute approximate surface area is 60.4 Å². The van der Waals surface area contributed by atoms with E-state index < -0.39 is 0 Å². The molecule has 4 fully saturated rings. The highest BCUT2D eigenvalue weighted by Crippen LogP contribution is 2.72. The molecule has 4 bridgehead atoms. The maximum atomic E-state index is 2.29. The van der Waals surface area contributed by atoms with Gasteiger partial charge in [-0.15, -0.1) is 0 Å². The maximum Gasteiger partial charge on any atom is 0.0106 e. The summed E-state index contributed by atoms with van der Waals surface area (Å²) in [5.74, 6) is 4.78. The van der Waals surface area contributed by atoms with Gasteiger partial charge in [-0.2, -0.15) is 11.8 Å². The van der Waals surface area contributed by atoms with Crippen LogP contribution in [0, 0.1) is 23.7 Å². The van der Waals surface area contributed by atoms with E-state index in [1.165, 1.54) is 17.8 Å². The molecule has 1 heteroatoms. The van der Waals surface area contributed by atoms with Crippen LogP contribution >= 0.6 is 11.8 Å². The minimum Gasteiger partial charge on any atom is -0.161 e. The van der Waals surface area contributed by atoms with Gasteiger partial charge in [0.2, 0.25) is 0 Å². The fourth-order valence-corrected chi connectivity index (χ4v) is 4.68. The van der Waals surface area contributed by atoms with Crippen molar-refractivity contribution in [3.8, 4) is 0 Å². The molecule has 50 valence electrons. The molecule has 4 rings (SSSR count). The zero-order valence-electron chi connectivity index (χ0n) is 5.71. The molecule has 4 saturated carbocycles. The highest BCUT2D eigenvalue weighted by atomic mass is 32.2. The van der Waals surface area contributed by atoms with Crippen molar-refractivity contribution in [2.24, 2.45) is 23.7 Å². The van der Waals surface area contributed by atoms with Crippen molar-refractivity contribution in [3.63, 3.8) is 0 Å². The summed E-state index contributed by atoms with van der Waals surface area (Å²) in [6, 6.07) is 0. The van der Waals surface area contributed by atoms with Crippen LogP contribution in [0.5, 0.6) is 0 Å². The van der Waals surface area contributed by atoms with Gasteiger partial charge in [0.1, 0.15) is 0 Å². The van der Waals surface area contributed by atoms with Crippen molar-refractivity contribution >= 4 is 11.8 Å². The third-order valence-electron chi connectivity index (χ3n) is 3.66. The van der Waals surface area contributed by atoms with Crippen LogP contribution in [0.2, 0.25) is 0 Å². The Morgan fingerprint density at radius 2 is 1.89 bits per heavy atom. The number of thioether (sulfide) groups is 1. The molecule has 5 atom stereocenters. The molecular formula is C8H12S. The van der Waals surface area contributed by atoms with Gasteiger partial charge in [0.15, 0.2) is 0 Å². The first-order chi connectivity index (χ1) is 4.42. The van der Waals surface area contributed by atoms with E-state index in [4.69, 9.17) is 0 Å². The first-order valence-corrected chi connectivity index (χ1v) is 5.23. The molecule has 4 aliphatic rings. The molecule has 0 heterocycles. The van der Waals surface area contributed by atoms with Crippen LogP contribution in [0.1, 0.15) is 12.8 Å². The van der Waals surface area contributed by atoms with E-state index in [1.54, 1.807) is 12.8 Å². The van der Waals surface area contributed by atoms with Crippen LogP contribution in [0.25, 0.3) is 0 Å². The second-order valence-electron chi connectivity index (χ2n) is 3.84. The van der Waals surface area contributed by atoms with Crippen LogP contribution in [-0.2, 0) is 0 Å². The van der Waals surface area contributed by atoms with Crippen LogP contribution in [0.3, 0.4) is 0 Å². The average molecular weight is 140 g/mol. The molecule has 0 radical (unpaired) electrons. The Morgan fingerprint density at radius 3 is 2.11 bits per heavy atom. The van der Waals surface area contributed by atoms with Gasteiger partial charge in [0.05, 0.1) is 0 Å². The first kappa shape index (κ1) is 5.06. The van der Waals surface area contributed by atoms with Gasteiger partial charge in [-0.05, 0) is 42.8 Å². The van der Waals surface area contributed by atoms with Crippen molar-refractivity contribution in [1.82, 2.24) is 0 Å². The Bertz CT molecular complexity index is 141. The Hall–Kier alpha value is 0.350. The molecule has 0 amide bonds. The summed E-state index contributed by atoms with van der Waals surface area (Å²) in [7, 11) is 0. The Morgan fingerprint density at radius 1 is 1.22 bits per heavy atom. The largest absolute Gasteiger partial charge is 0.161 e. The quantitative estimate of drug-likeness (QED) is 0.537. The molecule has 3 unspecified atom stereocenters. The van der Waals surface area contributed by atoms with Gasteiger partial charge in [0.25, 0.3) is 0 Å². The number of hydrogen-bond acceptors (Lipinski definition) is 1. The van der Waals surface area contributed by atoms with Gasteiger partial charge >= 0.3 is 0 Å². The molecule has 4 aliphatic carbocycles. The smallest absolute Gasteiger partial charge is 0.0106 e. The summed E-state index contributed by atoms with van der Waals surface area (Å²) in [5.41, 5.74) is 0. The third kappa shape index (κ3) is 0.419. The van der Waals surface area contributed by atoms with Crippen molar-refractivity contribution in [2.75, 3.05) is 6.26 Å². The predicted molar refractivity (Wildman–Crippen MR) is 40.5 cm³/mol. The van der Waals surface area contributed by atoms with Crippen molar-refractivity contribution in [3.05, 3.63) is 0 Å². The lowest BCUT2D eigenvalue weighted by Crippen LogP contribution is -2.05. The SMILES string of the molecule is CS[C@@H]1C2CC3C1[C@H]3C2. The zero-order chi connectivity index (χ0) is 6.01. The fraction of sp³-hybridized carbons (Fsp3) is 1.00. The fourth-order valence-electron chi connectivity index (χ4n) is 3.35. The van der Waals surface area contributed by atoms with Crippen molar-refractivity contribution < 1.29 is 0 Å². The van der Waals surface area contributed by atoms with Gasteiger partial charge in [-0.3, -0.25) is 0 Å². The third-order valence-corrected chi connectivity index (χ3v) is 4.91. The van der Waals surface area contributed by atoms with E-state index in [2.05, 4.69) is 18.0 Å². The van der Waals surface area contributed by atoms with Crippen LogP contribution in [0.15, 0.2) is 0 Å². The normalized spacial score (nSPS) is 67.0. The van der Waals surface area contributed by atoms with E-state index in [1.807, 2.05) is 0 Å². The van der Waals surface area contributed by atoms with Gasteiger partial charge in [-0.25, -0.2) is 0 Å². The summed E-state index contributed by atoms with van der Waals surface area (Å²) in [6.45, 7) is 0. The zero-order valence-corrected chi connectivity index (χ0v) is 6.53. The molecule has 0 aromatic rings. The molecule has 0 aromatic heterocycles. The van der Waals surface area contributed by atoms with Crippen molar-refractivity contribution in [2.45, 2.75) is 18.1 Å². The second kappa shape index (κ2) is 1.34. The minimum absolute atomic E-state index is 1.10. The Balaban J connectivity index is 1.95. The lowest BCUT2D eigenvalue weighted by atomic mass is 10.1. The molecule has 0 saturated heterocycles. The van der Waals surface area contributed by atoms with E-state index in [0.29, 0.717) is 0 Å². The monoisotopic (exact) mass is 140 g/mol. The lowest BCUT2D eigenvalue weighted by Gasteiger charge is -2.09. The summed E-state index contributed by atoms with van der Waals surface area (Å²) in [4.78, 5) is 0. The van der Waals surface area contributed by atoms with E-state index >= 15 is 0 Å². The molecular weight excluding hydrogens is 128 g/mol. The predicted octanol–water partition coefficient (Wildman–Crippen LogP) is 2.00. The standard InChI is InChI=1S/C8H12S/c1-9-8-4-2-5-6(3-4)7(5)8/h4-8H,2-3H2,1H3/t4?,5-,6?,7?,8+/m0/s1. The first-order valence-electron chi connectivity index (χ1n) is 3.94. The van der Waals surface area contributed by atoms with E-state index in [0.717, 1.165) is 11.2 Å². The number of rotatable bonds is 1. The number of hydrogen-bond donors (Lipinski definition) is 0. The molecule has 0 aliphatic heterocycles. The topological polar surface area (TPSA) is 0 Å². The maximum absolute atomic E-state index is 2.29. The average Bonchev–Trinajstić information content (AvgIpc) is 2.40. The highest BCUT2D eigenvalue weighted by Gasteiger charge is 2.67. The second-order valence-corrected chi connectivity index (χ2v) is 4.85. The van der Waals surface area contributed by atoms with E-state index in [-0.39, 0.29) is 0 Å². The summed E-state index contributed by atoms with van der Waals surface area (Å²) in [6.07, 6.45) is 5.49. The van der Waals surface area contributed by atoms with Crippen molar-refractivity contribution in [1.29, 1.82) is 0 Å². The molecule has 0 spiro atoms. The Kier molecular flexibility index (Phi) is 0.753. The van der Waals surface area contributed by atoms with Crippen LogP contribution < -0.4 is 0 Å². The molecule has 0 aromatic carbocycles. The lowest BCUT2D eigenvalue weighted by molar-refractivity contribution is 0.615. The van der Waals surface area contributed by atoms with Gasteiger partial charge in [-0.1, -0.05) is 0 Å². The molecule has 0 nitrogen and oxygen atoms in total. The van der Waals surface area contributed by atoms with Crippen LogP contribution in [-0.4, -0.2) is 11.5 Å². The van der Waals surface area contributed by atoms with E-state index in [9.17, 15) is 0 Å². The van der Waals surface area contributed by atoms with Crippen LogP contribution in [0.4, 0.5) is 0 Å². The summed E-state index contributed by atoms with van der Waals surface area (Å²) < 4.78 is 0. The summed E-state index contributed by atoms with van der Waals surface area (Å²) in [5, 5.41) is 1.10. The van der Waals surface area contributed by atoms with Gasteiger partial charge < -0.3 is 0 Å². The molecule has 9 heavy (non-hydrogen) atoms.